The van der Waals surface area contributed by atoms with Gasteiger partial charge in [-0.1, -0.05) is 0 Å². The van der Waals surface area contributed by atoms with E-state index in [2.05, 4.69) is 27.0 Å². The van der Waals surface area contributed by atoms with E-state index in [9.17, 15) is 0 Å². The summed E-state index contributed by atoms with van der Waals surface area (Å²) in [5, 5.41) is 17.9. The minimum absolute atomic E-state index is 0.0653. The quantitative estimate of drug-likeness (QED) is 0.746. The van der Waals surface area contributed by atoms with E-state index < -0.39 is 0 Å². The maximum Gasteiger partial charge on any atom is 0.183 e. The highest BCUT2D eigenvalue weighted by Gasteiger charge is 2.23. The molecular weight excluding hydrogens is 228 g/mol. The zero-order valence-electron chi connectivity index (χ0n) is 10.2. The molecule has 0 saturated carbocycles. The fourth-order valence-electron chi connectivity index (χ4n) is 2.04. The smallest absolute Gasteiger partial charge is 0.183 e. The van der Waals surface area contributed by atoms with Gasteiger partial charge in [0.1, 0.15) is 6.07 Å². The molecular formula is C12H14N6. The van der Waals surface area contributed by atoms with Crippen LogP contribution in [-0.4, -0.2) is 47.1 Å². The largest absolute Gasteiger partial charge is 0.352 e. The summed E-state index contributed by atoms with van der Waals surface area (Å²) in [4.78, 5) is 12.4. The molecule has 0 aromatic carbocycles. The Balaban J connectivity index is 2.07. The Hall–Kier alpha value is -2.18. The first-order valence-electron chi connectivity index (χ1n) is 5.86. The Morgan fingerprint density at radius 1 is 1.17 bits per heavy atom. The highest BCUT2D eigenvalue weighted by Crippen LogP contribution is 2.16. The number of rotatable bonds is 2. The van der Waals surface area contributed by atoms with Gasteiger partial charge in [-0.15, -0.1) is 0 Å². The molecule has 1 aromatic heterocycles. The van der Waals surface area contributed by atoms with Gasteiger partial charge in [0.2, 0.25) is 0 Å². The molecule has 1 atom stereocenters. The average molecular weight is 242 g/mol. The lowest BCUT2D eigenvalue weighted by Crippen LogP contribution is -2.49. The lowest BCUT2D eigenvalue weighted by Gasteiger charge is -2.36. The molecule has 1 fully saturated rings. The Labute approximate surface area is 106 Å². The maximum absolute atomic E-state index is 8.99. The van der Waals surface area contributed by atoms with Crippen LogP contribution in [0.4, 0.5) is 5.82 Å². The maximum atomic E-state index is 8.99. The predicted octanol–water partition coefficient (Wildman–Crippen LogP) is 0.382. The molecule has 0 spiro atoms. The van der Waals surface area contributed by atoms with Gasteiger partial charge in [0.25, 0.3) is 0 Å². The first-order valence-corrected chi connectivity index (χ1v) is 5.86. The fourth-order valence-corrected chi connectivity index (χ4v) is 2.04. The summed E-state index contributed by atoms with van der Waals surface area (Å²) in [5.41, 5.74) is 0.360. The van der Waals surface area contributed by atoms with Crippen LogP contribution in [0.1, 0.15) is 12.6 Å². The van der Waals surface area contributed by atoms with Crippen LogP contribution in [0.3, 0.4) is 0 Å². The van der Waals surface area contributed by atoms with Crippen LogP contribution in [0.5, 0.6) is 0 Å². The summed E-state index contributed by atoms with van der Waals surface area (Å²) in [6.07, 6.45) is 3.12. The first kappa shape index (κ1) is 12.3. The van der Waals surface area contributed by atoms with Crippen molar-refractivity contribution in [2.24, 2.45) is 0 Å². The third-order valence-electron chi connectivity index (χ3n) is 3.13. The highest BCUT2D eigenvalue weighted by molar-refractivity contribution is 5.49. The van der Waals surface area contributed by atoms with Crippen molar-refractivity contribution in [3.05, 3.63) is 18.1 Å². The number of nitrogens with zero attached hydrogens (tertiary/aromatic N) is 6. The molecule has 0 N–H and O–H groups in total. The average Bonchev–Trinajstić information content (AvgIpc) is 2.46. The molecule has 0 radical (unpaired) electrons. The van der Waals surface area contributed by atoms with E-state index in [1.165, 1.54) is 6.20 Å². The lowest BCUT2D eigenvalue weighted by atomic mass is 10.2. The van der Waals surface area contributed by atoms with Gasteiger partial charge in [0.15, 0.2) is 11.5 Å². The van der Waals surface area contributed by atoms with E-state index in [0.29, 0.717) is 11.5 Å². The molecule has 6 heteroatoms. The predicted molar refractivity (Wildman–Crippen MR) is 65.6 cm³/mol. The summed E-state index contributed by atoms with van der Waals surface area (Å²) >= 11 is 0. The van der Waals surface area contributed by atoms with Crippen LogP contribution in [-0.2, 0) is 0 Å². The summed E-state index contributed by atoms with van der Waals surface area (Å²) in [6, 6.07) is 4.23. The standard InChI is InChI=1S/C12H14N6/c1-10(8-13)17-4-6-18(7-5-17)12-11(9-14)15-2-3-16-12/h2-3,10H,4-7H2,1H3. The minimum atomic E-state index is -0.0653. The Kier molecular flexibility index (Phi) is 3.71. The van der Waals surface area contributed by atoms with Gasteiger partial charge in [0.05, 0.1) is 12.1 Å². The molecule has 1 aliphatic heterocycles. The van der Waals surface area contributed by atoms with Crippen LogP contribution >= 0.6 is 0 Å². The van der Waals surface area contributed by atoms with E-state index in [4.69, 9.17) is 10.5 Å². The van der Waals surface area contributed by atoms with E-state index in [-0.39, 0.29) is 6.04 Å². The molecule has 2 heterocycles. The molecule has 92 valence electrons. The Morgan fingerprint density at radius 2 is 1.83 bits per heavy atom. The molecule has 2 rings (SSSR count). The van der Waals surface area contributed by atoms with Gasteiger partial charge in [-0.05, 0) is 6.92 Å². The van der Waals surface area contributed by atoms with Gasteiger partial charge in [-0.2, -0.15) is 10.5 Å². The van der Waals surface area contributed by atoms with Gasteiger partial charge < -0.3 is 4.90 Å². The number of anilines is 1. The summed E-state index contributed by atoms with van der Waals surface area (Å²) in [6.45, 7) is 5.03. The van der Waals surface area contributed by atoms with Crippen molar-refractivity contribution in [2.75, 3.05) is 31.1 Å². The summed E-state index contributed by atoms with van der Waals surface area (Å²) < 4.78 is 0. The fraction of sp³-hybridized carbons (Fsp3) is 0.500. The van der Waals surface area contributed by atoms with Crippen LogP contribution in [0.15, 0.2) is 12.4 Å². The second kappa shape index (κ2) is 5.44. The molecule has 1 unspecified atom stereocenters. The SMILES string of the molecule is CC(C#N)N1CCN(c2nccnc2C#N)CC1. The van der Waals surface area contributed by atoms with Crippen LogP contribution in [0.25, 0.3) is 0 Å². The van der Waals surface area contributed by atoms with Crippen molar-refractivity contribution in [2.45, 2.75) is 13.0 Å². The van der Waals surface area contributed by atoms with Crippen LogP contribution in [0.2, 0.25) is 0 Å². The monoisotopic (exact) mass is 242 g/mol. The normalized spacial score (nSPS) is 17.8. The second-order valence-corrected chi connectivity index (χ2v) is 4.17. The van der Waals surface area contributed by atoms with Crippen LogP contribution in [0, 0.1) is 22.7 Å². The Bertz CT molecular complexity index is 492. The van der Waals surface area contributed by atoms with E-state index >= 15 is 0 Å². The van der Waals surface area contributed by atoms with Crippen molar-refractivity contribution in [1.82, 2.24) is 14.9 Å². The molecule has 1 saturated heterocycles. The molecule has 1 aromatic rings. The van der Waals surface area contributed by atoms with Gasteiger partial charge in [0, 0.05) is 38.6 Å². The topological polar surface area (TPSA) is 79.8 Å². The van der Waals surface area contributed by atoms with Gasteiger partial charge >= 0.3 is 0 Å². The molecule has 18 heavy (non-hydrogen) atoms. The molecule has 0 amide bonds. The number of aromatic nitrogens is 2. The minimum Gasteiger partial charge on any atom is -0.352 e. The Morgan fingerprint density at radius 3 is 2.44 bits per heavy atom. The number of nitriles is 2. The molecule has 1 aliphatic rings. The first-order chi connectivity index (χ1) is 8.76. The van der Waals surface area contributed by atoms with Crippen molar-refractivity contribution in [3.8, 4) is 12.1 Å². The van der Waals surface area contributed by atoms with Gasteiger partial charge in [-0.3, -0.25) is 4.90 Å². The number of piperazine rings is 1. The summed E-state index contributed by atoms with van der Waals surface area (Å²) in [7, 11) is 0. The zero-order chi connectivity index (χ0) is 13.0. The van der Waals surface area contributed by atoms with E-state index in [1.807, 2.05) is 11.8 Å². The van der Waals surface area contributed by atoms with Crippen LogP contribution < -0.4 is 4.90 Å². The lowest BCUT2D eigenvalue weighted by molar-refractivity contribution is 0.231. The van der Waals surface area contributed by atoms with Gasteiger partial charge in [-0.25, -0.2) is 9.97 Å². The zero-order valence-corrected chi connectivity index (χ0v) is 10.2. The molecule has 0 aliphatic carbocycles. The number of hydrogen-bond donors (Lipinski definition) is 0. The van der Waals surface area contributed by atoms with Crippen molar-refractivity contribution in [1.29, 1.82) is 10.5 Å². The second-order valence-electron chi connectivity index (χ2n) is 4.17. The summed E-state index contributed by atoms with van der Waals surface area (Å²) in [5.74, 6) is 0.643. The number of hydrogen-bond acceptors (Lipinski definition) is 6. The highest BCUT2D eigenvalue weighted by atomic mass is 15.3. The van der Waals surface area contributed by atoms with E-state index in [0.717, 1.165) is 26.2 Å². The van der Waals surface area contributed by atoms with Crippen molar-refractivity contribution in [3.63, 3.8) is 0 Å². The molecule has 6 nitrogen and oxygen atoms in total. The third kappa shape index (κ3) is 2.39. The van der Waals surface area contributed by atoms with E-state index in [1.54, 1.807) is 6.20 Å². The molecule has 0 bridgehead atoms. The van der Waals surface area contributed by atoms with Crippen molar-refractivity contribution < 1.29 is 0 Å². The third-order valence-corrected chi connectivity index (χ3v) is 3.13. The van der Waals surface area contributed by atoms with Crippen molar-refractivity contribution >= 4 is 5.82 Å².